The first-order chi connectivity index (χ1) is 10.6. The molecular weight excluding hydrogens is 286 g/mol. The predicted molar refractivity (Wildman–Crippen MR) is 76.5 cm³/mol. The van der Waals surface area contributed by atoms with Gasteiger partial charge in [0.2, 0.25) is 0 Å². The van der Waals surface area contributed by atoms with Crippen molar-refractivity contribution in [2.45, 2.75) is 0 Å². The van der Waals surface area contributed by atoms with E-state index in [-0.39, 0.29) is 11.3 Å². The highest BCUT2D eigenvalue weighted by atomic mass is 16.5. The molecule has 1 rings (SSSR count). The van der Waals surface area contributed by atoms with Crippen LogP contribution in [0.2, 0.25) is 0 Å². The zero-order chi connectivity index (χ0) is 16.5. The van der Waals surface area contributed by atoms with Gasteiger partial charge in [0, 0.05) is 11.8 Å². The summed E-state index contributed by atoms with van der Waals surface area (Å²) in [5.74, 6) is 0.308. The second-order valence-corrected chi connectivity index (χ2v) is 3.74. The van der Waals surface area contributed by atoms with Crippen molar-refractivity contribution in [2.24, 2.45) is 0 Å². The summed E-state index contributed by atoms with van der Waals surface area (Å²) in [4.78, 5) is 11.2. The molecule has 0 aliphatic carbocycles. The van der Waals surface area contributed by atoms with Crippen LogP contribution in [0.5, 0.6) is 5.75 Å². The van der Waals surface area contributed by atoms with Gasteiger partial charge in [-0.05, 0) is 12.1 Å². The van der Waals surface area contributed by atoms with Crippen LogP contribution in [-0.2, 0) is 4.74 Å². The summed E-state index contributed by atoms with van der Waals surface area (Å²) in [7, 11) is 2.63. The molecular formula is C14H11N5O3. The van der Waals surface area contributed by atoms with Crippen LogP contribution in [0.1, 0.15) is 0 Å². The van der Waals surface area contributed by atoms with Crippen molar-refractivity contribution in [3.05, 3.63) is 29.5 Å². The molecule has 0 aromatic heterocycles. The highest BCUT2D eigenvalue weighted by Gasteiger charge is 2.11. The van der Waals surface area contributed by atoms with Gasteiger partial charge in [-0.2, -0.15) is 15.8 Å². The number of allylic oxidation sites excluding steroid dienone is 2. The second-order valence-electron chi connectivity index (χ2n) is 3.74. The van der Waals surface area contributed by atoms with E-state index in [2.05, 4.69) is 15.4 Å². The van der Waals surface area contributed by atoms with Crippen LogP contribution in [0, 0.1) is 34.0 Å². The number of ether oxygens (including phenoxy) is 2. The van der Waals surface area contributed by atoms with E-state index in [0.29, 0.717) is 17.1 Å². The van der Waals surface area contributed by atoms with Gasteiger partial charge in [-0.25, -0.2) is 4.79 Å². The van der Waals surface area contributed by atoms with E-state index in [9.17, 15) is 4.79 Å². The quantitative estimate of drug-likeness (QED) is 0.813. The zero-order valence-electron chi connectivity index (χ0n) is 11.8. The lowest BCUT2D eigenvalue weighted by molar-refractivity contribution is 0.187. The largest absolute Gasteiger partial charge is 0.494 e. The maximum atomic E-state index is 11.2. The molecule has 8 nitrogen and oxygen atoms in total. The number of amides is 1. The molecule has 0 heterocycles. The molecule has 110 valence electrons. The summed E-state index contributed by atoms with van der Waals surface area (Å²) in [6.07, 6.45) is -0.659. The Labute approximate surface area is 126 Å². The standard InChI is InChI=1S/C14H11N5O3/c1-21-13-5-10(3-4-11(13)19-14(20)22-2)18-12(8-17)9(6-15)7-16/h3-5,18H,1-2H3,(H,19,20). The summed E-state index contributed by atoms with van der Waals surface area (Å²) in [5, 5.41) is 31.6. The van der Waals surface area contributed by atoms with E-state index in [4.69, 9.17) is 20.5 Å². The highest BCUT2D eigenvalue weighted by Crippen LogP contribution is 2.28. The third kappa shape index (κ3) is 3.89. The van der Waals surface area contributed by atoms with Crippen molar-refractivity contribution < 1.29 is 14.3 Å². The molecule has 1 amide bonds. The fraction of sp³-hybridized carbons (Fsp3) is 0.143. The van der Waals surface area contributed by atoms with E-state index < -0.39 is 6.09 Å². The molecule has 0 saturated carbocycles. The number of hydrogen-bond acceptors (Lipinski definition) is 7. The summed E-state index contributed by atoms with van der Waals surface area (Å²) >= 11 is 0. The lowest BCUT2D eigenvalue weighted by Crippen LogP contribution is -2.12. The van der Waals surface area contributed by atoms with E-state index in [0.717, 1.165) is 0 Å². The van der Waals surface area contributed by atoms with Crippen LogP contribution in [0.25, 0.3) is 0 Å². The molecule has 0 bridgehead atoms. The van der Waals surface area contributed by atoms with E-state index in [1.165, 1.54) is 32.4 Å². The smallest absolute Gasteiger partial charge is 0.411 e. The zero-order valence-corrected chi connectivity index (χ0v) is 11.8. The van der Waals surface area contributed by atoms with Gasteiger partial charge in [-0.15, -0.1) is 0 Å². The number of anilines is 2. The Morgan fingerprint density at radius 3 is 2.27 bits per heavy atom. The van der Waals surface area contributed by atoms with E-state index in [1.807, 2.05) is 0 Å². The van der Waals surface area contributed by atoms with Gasteiger partial charge in [0.25, 0.3) is 0 Å². The first kappa shape index (κ1) is 16.4. The van der Waals surface area contributed by atoms with Crippen LogP contribution in [-0.4, -0.2) is 20.3 Å². The Morgan fingerprint density at radius 1 is 1.09 bits per heavy atom. The summed E-state index contributed by atoms with van der Waals surface area (Å²) < 4.78 is 9.60. The van der Waals surface area contributed by atoms with Gasteiger partial charge in [-0.3, -0.25) is 5.32 Å². The molecule has 1 aromatic carbocycles. The Bertz CT molecular complexity index is 718. The average molecular weight is 297 g/mol. The molecule has 0 aliphatic rings. The SMILES string of the molecule is COC(=O)Nc1ccc(NC(C#N)=C(C#N)C#N)cc1OC. The fourth-order valence-electron chi connectivity index (χ4n) is 1.46. The molecule has 0 aliphatic heterocycles. The van der Waals surface area contributed by atoms with E-state index >= 15 is 0 Å². The number of nitrogens with zero attached hydrogens (tertiary/aromatic N) is 3. The lowest BCUT2D eigenvalue weighted by Gasteiger charge is -2.12. The van der Waals surface area contributed by atoms with Crippen LogP contribution in [0.4, 0.5) is 16.2 Å². The minimum atomic E-state index is -0.659. The van der Waals surface area contributed by atoms with Crippen LogP contribution < -0.4 is 15.4 Å². The van der Waals surface area contributed by atoms with Gasteiger partial charge in [0.1, 0.15) is 29.7 Å². The molecule has 2 N–H and O–H groups in total. The van der Waals surface area contributed by atoms with Crippen molar-refractivity contribution >= 4 is 17.5 Å². The number of carbonyl (C=O) groups excluding carboxylic acids is 1. The van der Waals surface area contributed by atoms with Crippen LogP contribution >= 0.6 is 0 Å². The van der Waals surface area contributed by atoms with Crippen molar-refractivity contribution in [3.63, 3.8) is 0 Å². The summed E-state index contributed by atoms with van der Waals surface area (Å²) in [5.41, 5.74) is 0.258. The van der Waals surface area contributed by atoms with Crippen molar-refractivity contribution in [3.8, 4) is 24.0 Å². The molecule has 0 spiro atoms. The van der Waals surface area contributed by atoms with Gasteiger partial charge >= 0.3 is 6.09 Å². The molecule has 0 radical (unpaired) electrons. The lowest BCUT2D eigenvalue weighted by atomic mass is 10.2. The number of nitriles is 3. The second kappa shape index (κ2) is 7.78. The maximum absolute atomic E-state index is 11.2. The third-order valence-corrected chi connectivity index (χ3v) is 2.48. The predicted octanol–water partition coefficient (Wildman–Crippen LogP) is 2.11. The Hall–Kier alpha value is -3.70. The average Bonchev–Trinajstić information content (AvgIpc) is 2.55. The first-order valence-corrected chi connectivity index (χ1v) is 5.84. The van der Waals surface area contributed by atoms with Crippen LogP contribution in [0.3, 0.4) is 0 Å². The first-order valence-electron chi connectivity index (χ1n) is 5.84. The normalized spacial score (nSPS) is 8.50. The molecule has 0 atom stereocenters. The number of rotatable bonds is 4. The Kier molecular flexibility index (Phi) is 5.79. The molecule has 0 saturated heterocycles. The van der Waals surface area contributed by atoms with Crippen molar-refractivity contribution in [1.82, 2.24) is 0 Å². The number of methoxy groups -OCH3 is 2. The molecule has 8 heteroatoms. The van der Waals surface area contributed by atoms with Gasteiger partial charge < -0.3 is 14.8 Å². The molecule has 0 fully saturated rings. The minimum absolute atomic E-state index is 0.180. The van der Waals surface area contributed by atoms with Crippen molar-refractivity contribution in [2.75, 3.05) is 24.9 Å². The Morgan fingerprint density at radius 2 is 1.77 bits per heavy atom. The summed E-state index contributed by atoms with van der Waals surface area (Å²) in [6.45, 7) is 0. The number of nitrogens with one attached hydrogen (secondary N) is 2. The highest BCUT2D eigenvalue weighted by molar-refractivity contribution is 5.87. The third-order valence-electron chi connectivity index (χ3n) is 2.48. The fourth-order valence-corrected chi connectivity index (χ4v) is 1.46. The van der Waals surface area contributed by atoms with E-state index in [1.54, 1.807) is 18.2 Å². The molecule has 1 aromatic rings. The number of hydrogen-bond donors (Lipinski definition) is 2. The van der Waals surface area contributed by atoms with Gasteiger partial charge in [0.05, 0.1) is 19.9 Å². The maximum Gasteiger partial charge on any atom is 0.411 e. The van der Waals surface area contributed by atoms with Gasteiger partial charge in [0.15, 0.2) is 5.57 Å². The summed E-state index contributed by atoms with van der Waals surface area (Å²) in [6, 6.07) is 9.54. The monoisotopic (exact) mass is 297 g/mol. The Balaban J connectivity index is 3.13. The van der Waals surface area contributed by atoms with Crippen LogP contribution in [0.15, 0.2) is 29.5 Å². The van der Waals surface area contributed by atoms with Crippen molar-refractivity contribution in [1.29, 1.82) is 15.8 Å². The number of carbonyl (C=O) groups is 1. The van der Waals surface area contributed by atoms with Gasteiger partial charge in [-0.1, -0.05) is 0 Å². The molecule has 22 heavy (non-hydrogen) atoms. The topological polar surface area (TPSA) is 131 Å². The molecule has 0 unspecified atom stereocenters. The number of benzene rings is 1. The minimum Gasteiger partial charge on any atom is -0.494 e.